The molecule has 0 aromatic rings. The second-order valence-corrected chi connectivity index (χ2v) is 8.00. The first-order chi connectivity index (χ1) is 9.56. The molecule has 0 aromatic carbocycles. The van der Waals surface area contributed by atoms with E-state index in [0.717, 1.165) is 39.0 Å². The molecule has 2 fully saturated rings. The maximum absolute atomic E-state index is 12.0. The Hall–Kier alpha value is -0.810. The number of amides is 1. The fourth-order valence-electron chi connectivity index (χ4n) is 3.00. The van der Waals surface area contributed by atoms with Crippen LogP contribution >= 0.6 is 0 Å². The van der Waals surface area contributed by atoms with Crippen molar-refractivity contribution in [3.05, 3.63) is 0 Å². The van der Waals surface area contributed by atoms with Gasteiger partial charge in [0.1, 0.15) is 5.60 Å². The zero-order chi connectivity index (χ0) is 15.8. The molecule has 0 bridgehead atoms. The Labute approximate surface area is 128 Å². The Morgan fingerprint density at radius 2 is 1.62 bits per heavy atom. The van der Waals surface area contributed by atoms with Crippen LogP contribution in [0.2, 0.25) is 0 Å². The number of carbonyl (C=O) groups excluding carboxylic acids is 1. The van der Waals surface area contributed by atoms with Gasteiger partial charge in [0.25, 0.3) is 0 Å². The van der Waals surface area contributed by atoms with E-state index < -0.39 is 11.2 Å². The van der Waals surface area contributed by atoms with Crippen LogP contribution in [0.3, 0.4) is 0 Å². The van der Waals surface area contributed by atoms with E-state index in [4.69, 9.17) is 4.74 Å². The molecule has 1 N–H and O–H groups in total. The molecular formula is C16H30N2O3. The maximum atomic E-state index is 12.0. The third kappa shape index (κ3) is 4.33. The van der Waals surface area contributed by atoms with E-state index in [2.05, 4.69) is 4.90 Å². The van der Waals surface area contributed by atoms with Gasteiger partial charge in [-0.2, -0.15) is 0 Å². The molecule has 0 spiro atoms. The van der Waals surface area contributed by atoms with Crippen LogP contribution in [0.25, 0.3) is 0 Å². The molecule has 2 saturated heterocycles. The minimum atomic E-state index is -0.576. The summed E-state index contributed by atoms with van der Waals surface area (Å²) < 4.78 is 5.42. The molecule has 0 atom stereocenters. The van der Waals surface area contributed by atoms with E-state index in [0.29, 0.717) is 12.0 Å². The minimum absolute atomic E-state index is 0.195. The van der Waals surface area contributed by atoms with E-state index in [1.807, 2.05) is 39.5 Å². The molecule has 5 heteroatoms. The summed E-state index contributed by atoms with van der Waals surface area (Å²) in [5, 5.41) is 9.98. The lowest BCUT2D eigenvalue weighted by Gasteiger charge is -2.50. The standard InChI is InChI=1S/C16H30N2O3/c1-15(2,3)21-14(19)17-8-6-13(7-9-17)18-10-12(11-18)16(4,5)20/h12-13,20H,6-11H2,1-5H3. The van der Waals surface area contributed by atoms with Gasteiger partial charge in [0.05, 0.1) is 5.60 Å². The lowest BCUT2D eigenvalue weighted by molar-refractivity contribution is -0.0841. The Balaban J connectivity index is 1.74. The summed E-state index contributed by atoms with van der Waals surface area (Å²) >= 11 is 0. The monoisotopic (exact) mass is 298 g/mol. The highest BCUT2D eigenvalue weighted by Crippen LogP contribution is 2.31. The lowest BCUT2D eigenvalue weighted by Crippen LogP contribution is -2.60. The highest BCUT2D eigenvalue weighted by atomic mass is 16.6. The summed E-state index contributed by atoms with van der Waals surface area (Å²) in [6.45, 7) is 12.9. The van der Waals surface area contributed by atoms with Crippen LogP contribution in [0, 0.1) is 5.92 Å². The minimum Gasteiger partial charge on any atom is -0.444 e. The van der Waals surface area contributed by atoms with Crippen molar-refractivity contribution in [3.8, 4) is 0 Å². The van der Waals surface area contributed by atoms with Gasteiger partial charge in [0, 0.05) is 38.1 Å². The second-order valence-electron chi connectivity index (χ2n) is 8.00. The molecule has 21 heavy (non-hydrogen) atoms. The van der Waals surface area contributed by atoms with E-state index in [9.17, 15) is 9.90 Å². The Morgan fingerprint density at radius 1 is 1.10 bits per heavy atom. The molecule has 0 unspecified atom stereocenters. The van der Waals surface area contributed by atoms with Gasteiger partial charge in [0.2, 0.25) is 0 Å². The van der Waals surface area contributed by atoms with Crippen molar-refractivity contribution in [2.45, 2.75) is 64.7 Å². The van der Waals surface area contributed by atoms with Crippen molar-refractivity contribution in [2.24, 2.45) is 5.92 Å². The van der Waals surface area contributed by atoms with Crippen molar-refractivity contribution in [1.82, 2.24) is 9.80 Å². The van der Waals surface area contributed by atoms with Gasteiger partial charge in [-0.1, -0.05) is 0 Å². The largest absolute Gasteiger partial charge is 0.444 e. The molecule has 2 heterocycles. The fourth-order valence-corrected chi connectivity index (χ4v) is 3.00. The number of carbonyl (C=O) groups is 1. The first-order valence-electron chi connectivity index (χ1n) is 8.00. The summed E-state index contributed by atoms with van der Waals surface area (Å²) in [5.41, 5.74) is -1.00. The number of nitrogens with zero attached hydrogens (tertiary/aromatic N) is 2. The Bertz CT molecular complexity index is 370. The molecule has 0 aliphatic carbocycles. The SMILES string of the molecule is CC(C)(C)OC(=O)N1CCC(N2CC(C(C)(C)O)C2)CC1. The van der Waals surface area contributed by atoms with E-state index in [-0.39, 0.29) is 6.09 Å². The lowest BCUT2D eigenvalue weighted by atomic mass is 9.82. The van der Waals surface area contributed by atoms with Crippen molar-refractivity contribution < 1.29 is 14.6 Å². The summed E-state index contributed by atoms with van der Waals surface area (Å²) in [6.07, 6.45) is 1.80. The van der Waals surface area contributed by atoms with Crippen LogP contribution in [-0.4, -0.2) is 64.4 Å². The molecule has 2 aliphatic rings. The zero-order valence-corrected chi connectivity index (χ0v) is 14.1. The summed E-state index contributed by atoms with van der Waals surface area (Å²) in [5.74, 6) is 0.376. The summed E-state index contributed by atoms with van der Waals surface area (Å²) in [6, 6.07) is 0.544. The van der Waals surface area contributed by atoms with Crippen LogP contribution in [0.1, 0.15) is 47.5 Å². The van der Waals surface area contributed by atoms with Gasteiger partial charge in [0.15, 0.2) is 0 Å². The molecule has 5 nitrogen and oxygen atoms in total. The van der Waals surface area contributed by atoms with Gasteiger partial charge in [-0.05, 0) is 47.5 Å². The van der Waals surface area contributed by atoms with Gasteiger partial charge in [-0.25, -0.2) is 4.79 Å². The molecule has 2 aliphatic heterocycles. The molecule has 0 saturated carbocycles. The van der Waals surface area contributed by atoms with Crippen molar-refractivity contribution in [1.29, 1.82) is 0 Å². The zero-order valence-electron chi connectivity index (χ0n) is 14.1. The van der Waals surface area contributed by atoms with E-state index in [1.54, 1.807) is 0 Å². The first kappa shape index (κ1) is 16.6. The van der Waals surface area contributed by atoms with Crippen LogP contribution in [0.15, 0.2) is 0 Å². The topological polar surface area (TPSA) is 53.0 Å². The summed E-state index contributed by atoms with van der Waals surface area (Å²) in [4.78, 5) is 16.3. The van der Waals surface area contributed by atoms with Crippen molar-refractivity contribution in [2.75, 3.05) is 26.2 Å². The molecule has 1 amide bonds. The first-order valence-corrected chi connectivity index (χ1v) is 8.00. The van der Waals surface area contributed by atoms with Crippen molar-refractivity contribution >= 4 is 6.09 Å². The fraction of sp³-hybridized carbons (Fsp3) is 0.938. The molecular weight excluding hydrogens is 268 g/mol. The predicted octanol–water partition coefficient (Wildman–Crippen LogP) is 2.09. The van der Waals surface area contributed by atoms with Crippen LogP contribution < -0.4 is 0 Å². The third-order valence-corrected chi connectivity index (χ3v) is 4.54. The highest BCUT2D eigenvalue weighted by Gasteiger charge is 2.41. The van der Waals surface area contributed by atoms with Gasteiger partial charge >= 0.3 is 6.09 Å². The average molecular weight is 298 g/mol. The number of rotatable bonds is 2. The van der Waals surface area contributed by atoms with Crippen LogP contribution in [0.5, 0.6) is 0 Å². The quantitative estimate of drug-likeness (QED) is 0.848. The molecule has 122 valence electrons. The van der Waals surface area contributed by atoms with Crippen molar-refractivity contribution in [3.63, 3.8) is 0 Å². The smallest absolute Gasteiger partial charge is 0.410 e. The molecule has 0 radical (unpaired) electrons. The number of hydrogen-bond donors (Lipinski definition) is 1. The highest BCUT2D eigenvalue weighted by molar-refractivity contribution is 5.68. The maximum Gasteiger partial charge on any atom is 0.410 e. The normalized spacial score (nSPS) is 23.0. The number of aliphatic hydroxyl groups is 1. The predicted molar refractivity (Wildman–Crippen MR) is 82.2 cm³/mol. The summed E-state index contributed by atoms with van der Waals surface area (Å²) in [7, 11) is 0. The van der Waals surface area contributed by atoms with Gasteiger partial charge in [-0.15, -0.1) is 0 Å². The van der Waals surface area contributed by atoms with Crippen LogP contribution in [0.4, 0.5) is 4.79 Å². The van der Waals surface area contributed by atoms with Gasteiger partial charge < -0.3 is 14.7 Å². The number of hydrogen-bond acceptors (Lipinski definition) is 4. The number of piperidine rings is 1. The number of ether oxygens (including phenoxy) is 1. The number of likely N-dealkylation sites (tertiary alicyclic amines) is 2. The van der Waals surface area contributed by atoms with E-state index >= 15 is 0 Å². The average Bonchev–Trinajstić information content (AvgIpc) is 2.23. The molecule has 0 aromatic heterocycles. The van der Waals surface area contributed by atoms with Gasteiger partial charge in [-0.3, -0.25) is 4.90 Å². The van der Waals surface area contributed by atoms with E-state index in [1.165, 1.54) is 0 Å². The molecule has 2 rings (SSSR count). The second kappa shape index (κ2) is 5.76. The van der Waals surface area contributed by atoms with Crippen LogP contribution in [-0.2, 0) is 4.74 Å². The Kier molecular flexibility index (Phi) is 4.54. The Morgan fingerprint density at radius 3 is 2.05 bits per heavy atom. The third-order valence-electron chi connectivity index (χ3n) is 4.54.